The first-order valence-corrected chi connectivity index (χ1v) is 9.53. The number of nitrogens with two attached hydrogens (primary N) is 1. The molecule has 2 nitrogen and oxygen atoms in total. The normalized spacial score (nSPS) is 31.7. The average molecular weight is 308 g/mol. The van der Waals surface area contributed by atoms with Gasteiger partial charge in [-0.1, -0.05) is 52.0 Å². The van der Waals surface area contributed by atoms with Gasteiger partial charge in [-0.25, -0.2) is 0 Å². The standard InChI is InChI=1S/C17H33N.C3H4O/c1-2-3-4-5-14-6-8-15(9-7-14)16-10-12-17(18)13-11-16;1-2-3-4/h14-17H,2-13,18H2,1H3;2-3H,1H2. The van der Waals surface area contributed by atoms with E-state index in [1.165, 1.54) is 83.1 Å². The molecule has 0 bridgehead atoms. The van der Waals surface area contributed by atoms with Crippen LogP contribution in [-0.4, -0.2) is 12.3 Å². The summed E-state index contributed by atoms with van der Waals surface area (Å²) < 4.78 is 0. The fourth-order valence-corrected chi connectivity index (χ4v) is 4.25. The van der Waals surface area contributed by atoms with Crippen LogP contribution in [0.1, 0.15) is 84.0 Å². The van der Waals surface area contributed by atoms with Gasteiger partial charge in [-0.15, -0.1) is 0 Å². The van der Waals surface area contributed by atoms with Crippen molar-refractivity contribution in [2.75, 3.05) is 0 Å². The monoisotopic (exact) mass is 307 g/mol. The smallest absolute Gasteiger partial charge is 0.142 e. The highest BCUT2D eigenvalue weighted by Crippen LogP contribution is 2.40. The largest absolute Gasteiger partial charge is 0.328 e. The molecule has 2 N–H and O–H groups in total. The third-order valence-electron chi connectivity index (χ3n) is 5.69. The van der Waals surface area contributed by atoms with Crippen LogP contribution < -0.4 is 5.73 Å². The molecule has 128 valence electrons. The molecule has 2 heteroatoms. The highest BCUT2D eigenvalue weighted by atomic mass is 16.1. The Morgan fingerprint density at radius 3 is 1.91 bits per heavy atom. The van der Waals surface area contributed by atoms with E-state index < -0.39 is 0 Å². The molecule has 0 radical (unpaired) electrons. The summed E-state index contributed by atoms with van der Waals surface area (Å²) in [6.45, 7) is 5.42. The summed E-state index contributed by atoms with van der Waals surface area (Å²) >= 11 is 0. The molecule has 2 rings (SSSR count). The number of allylic oxidation sites excluding steroid dienone is 1. The maximum absolute atomic E-state index is 9.06. The van der Waals surface area contributed by atoms with Crippen LogP contribution in [0, 0.1) is 17.8 Å². The molecule has 2 fully saturated rings. The molecule has 0 heterocycles. The highest BCUT2D eigenvalue weighted by Gasteiger charge is 2.29. The molecule has 0 spiro atoms. The average Bonchev–Trinajstić information content (AvgIpc) is 2.57. The predicted molar refractivity (Wildman–Crippen MR) is 95.8 cm³/mol. The number of unbranched alkanes of at least 4 members (excludes halogenated alkanes) is 2. The Hall–Kier alpha value is -0.630. The minimum Gasteiger partial charge on any atom is -0.328 e. The SMILES string of the molecule is C=CC=O.CCCCCC1CCC(C2CCC(N)CC2)CC1. The van der Waals surface area contributed by atoms with Crippen molar-refractivity contribution in [1.29, 1.82) is 0 Å². The van der Waals surface area contributed by atoms with E-state index in [0.29, 0.717) is 12.3 Å². The molecule has 22 heavy (non-hydrogen) atoms. The number of aldehydes is 1. The van der Waals surface area contributed by atoms with E-state index >= 15 is 0 Å². The molecule has 2 saturated carbocycles. The molecule has 0 aromatic carbocycles. The summed E-state index contributed by atoms with van der Waals surface area (Å²) in [4.78, 5) is 9.06. The van der Waals surface area contributed by atoms with Crippen molar-refractivity contribution in [3.63, 3.8) is 0 Å². The van der Waals surface area contributed by atoms with Crippen molar-refractivity contribution in [3.8, 4) is 0 Å². The number of hydrogen-bond donors (Lipinski definition) is 1. The molecular weight excluding hydrogens is 270 g/mol. The van der Waals surface area contributed by atoms with E-state index in [0.717, 1.165) is 17.8 Å². The Balaban J connectivity index is 0.000000541. The second kappa shape index (κ2) is 11.9. The van der Waals surface area contributed by atoms with Crippen molar-refractivity contribution in [3.05, 3.63) is 12.7 Å². The summed E-state index contributed by atoms with van der Waals surface area (Å²) in [5, 5.41) is 0. The minimum atomic E-state index is 0.520. The van der Waals surface area contributed by atoms with Crippen LogP contribution in [0.5, 0.6) is 0 Å². The zero-order valence-electron chi connectivity index (χ0n) is 14.6. The molecule has 0 unspecified atom stereocenters. The molecule has 0 aromatic heterocycles. The van der Waals surface area contributed by atoms with E-state index in [2.05, 4.69) is 13.5 Å². The van der Waals surface area contributed by atoms with Crippen LogP contribution in [0.25, 0.3) is 0 Å². The van der Waals surface area contributed by atoms with Crippen molar-refractivity contribution >= 4 is 6.29 Å². The number of rotatable bonds is 6. The van der Waals surface area contributed by atoms with E-state index in [-0.39, 0.29) is 0 Å². The van der Waals surface area contributed by atoms with E-state index in [1.54, 1.807) is 0 Å². The van der Waals surface area contributed by atoms with Crippen molar-refractivity contribution < 1.29 is 4.79 Å². The van der Waals surface area contributed by atoms with Gasteiger partial charge >= 0.3 is 0 Å². The molecule has 0 aliphatic heterocycles. The van der Waals surface area contributed by atoms with Crippen LogP contribution >= 0.6 is 0 Å². The van der Waals surface area contributed by atoms with Gasteiger partial charge in [0.25, 0.3) is 0 Å². The van der Waals surface area contributed by atoms with Gasteiger partial charge in [0.1, 0.15) is 6.29 Å². The van der Waals surface area contributed by atoms with Crippen LogP contribution in [0.4, 0.5) is 0 Å². The molecule has 2 aliphatic rings. The maximum atomic E-state index is 9.06. The van der Waals surface area contributed by atoms with E-state index in [9.17, 15) is 0 Å². The van der Waals surface area contributed by atoms with Crippen LogP contribution in [-0.2, 0) is 4.79 Å². The quantitative estimate of drug-likeness (QED) is 0.413. The third-order valence-corrected chi connectivity index (χ3v) is 5.69. The number of carbonyl (C=O) groups excluding carboxylic acids is 1. The fourth-order valence-electron chi connectivity index (χ4n) is 4.25. The first-order chi connectivity index (χ1) is 10.7. The minimum absolute atomic E-state index is 0.520. The number of hydrogen-bond acceptors (Lipinski definition) is 2. The van der Waals surface area contributed by atoms with E-state index in [4.69, 9.17) is 10.5 Å². The second-order valence-electron chi connectivity index (χ2n) is 7.32. The van der Waals surface area contributed by atoms with Crippen LogP contribution in [0.2, 0.25) is 0 Å². The summed E-state index contributed by atoms with van der Waals surface area (Å²) in [5.74, 6) is 3.15. The Kier molecular flexibility index (Phi) is 10.5. The lowest BCUT2D eigenvalue weighted by Gasteiger charge is -2.37. The molecule has 2 aliphatic carbocycles. The summed E-state index contributed by atoms with van der Waals surface area (Å²) in [7, 11) is 0. The van der Waals surface area contributed by atoms with Gasteiger partial charge in [0, 0.05) is 6.04 Å². The van der Waals surface area contributed by atoms with Gasteiger partial charge in [-0.3, -0.25) is 4.79 Å². The maximum Gasteiger partial charge on any atom is 0.142 e. The summed E-state index contributed by atoms with van der Waals surface area (Å²) in [5.41, 5.74) is 6.02. The highest BCUT2D eigenvalue weighted by molar-refractivity contribution is 5.63. The van der Waals surface area contributed by atoms with E-state index in [1.807, 2.05) is 0 Å². The van der Waals surface area contributed by atoms with Crippen molar-refractivity contribution in [2.24, 2.45) is 23.5 Å². The Labute approximate surface area is 137 Å². The lowest BCUT2D eigenvalue weighted by molar-refractivity contribution is -0.104. The van der Waals surface area contributed by atoms with Crippen molar-refractivity contribution in [2.45, 2.75) is 90.0 Å². The van der Waals surface area contributed by atoms with Crippen LogP contribution in [0.3, 0.4) is 0 Å². The Morgan fingerprint density at radius 2 is 1.45 bits per heavy atom. The zero-order chi connectivity index (χ0) is 16.2. The first-order valence-electron chi connectivity index (χ1n) is 9.53. The first kappa shape index (κ1) is 19.4. The second-order valence-corrected chi connectivity index (χ2v) is 7.32. The fraction of sp³-hybridized carbons (Fsp3) is 0.850. The van der Waals surface area contributed by atoms with Crippen LogP contribution in [0.15, 0.2) is 12.7 Å². The topological polar surface area (TPSA) is 43.1 Å². The third kappa shape index (κ3) is 7.58. The van der Waals surface area contributed by atoms with Gasteiger partial charge in [0.15, 0.2) is 0 Å². The van der Waals surface area contributed by atoms with Gasteiger partial charge in [0.05, 0.1) is 0 Å². The summed E-state index contributed by atoms with van der Waals surface area (Å²) in [6.07, 6.45) is 19.2. The molecular formula is C20H37NO. The van der Waals surface area contributed by atoms with Gasteiger partial charge in [-0.05, 0) is 62.4 Å². The summed E-state index contributed by atoms with van der Waals surface area (Å²) in [6, 6.07) is 0.520. The predicted octanol–water partition coefficient (Wildman–Crippen LogP) is 5.26. The Bertz CT molecular complexity index is 280. The number of carbonyl (C=O) groups is 1. The zero-order valence-corrected chi connectivity index (χ0v) is 14.6. The molecule has 0 aromatic rings. The molecule has 0 amide bonds. The molecule has 0 atom stereocenters. The van der Waals surface area contributed by atoms with Gasteiger partial charge in [-0.2, -0.15) is 0 Å². The molecule has 0 saturated heterocycles. The lowest BCUT2D eigenvalue weighted by atomic mass is 9.70. The van der Waals surface area contributed by atoms with Gasteiger partial charge < -0.3 is 5.73 Å². The Morgan fingerprint density at radius 1 is 0.955 bits per heavy atom. The lowest BCUT2D eigenvalue weighted by Crippen LogP contribution is -2.31. The van der Waals surface area contributed by atoms with Gasteiger partial charge in [0.2, 0.25) is 0 Å². The van der Waals surface area contributed by atoms with Crippen molar-refractivity contribution in [1.82, 2.24) is 0 Å².